The van der Waals surface area contributed by atoms with Crippen molar-refractivity contribution in [2.75, 3.05) is 18.4 Å². The number of carboxylic acid groups (broad SMARTS) is 1. The molecule has 0 aliphatic rings. The number of carbonyl (C=O) groups is 3. The van der Waals surface area contributed by atoms with Crippen molar-refractivity contribution in [3.05, 3.63) is 29.8 Å². The molecule has 1 rings (SSSR count). The van der Waals surface area contributed by atoms with Crippen LogP contribution in [-0.2, 0) is 16.0 Å². The molecular formula is C13H17N3O4. The number of urea groups is 1. The Morgan fingerprint density at radius 1 is 1.30 bits per heavy atom. The molecule has 0 saturated carbocycles. The molecule has 1 aromatic carbocycles. The van der Waals surface area contributed by atoms with Gasteiger partial charge in [-0.1, -0.05) is 18.2 Å². The Bertz CT molecular complexity index is 516. The van der Waals surface area contributed by atoms with E-state index >= 15 is 0 Å². The van der Waals surface area contributed by atoms with E-state index in [9.17, 15) is 14.4 Å². The lowest BCUT2D eigenvalue weighted by Crippen LogP contribution is -2.40. The molecule has 20 heavy (non-hydrogen) atoms. The summed E-state index contributed by atoms with van der Waals surface area (Å²) in [6.07, 6.45) is -0.196. The zero-order valence-corrected chi connectivity index (χ0v) is 11.1. The Balaban J connectivity index is 2.83. The molecule has 0 fully saturated rings. The van der Waals surface area contributed by atoms with E-state index < -0.39 is 17.9 Å². The number of benzene rings is 1. The highest BCUT2D eigenvalue weighted by Gasteiger charge is 2.15. The molecule has 7 heteroatoms. The summed E-state index contributed by atoms with van der Waals surface area (Å²) in [6.45, 7) is 1.84. The van der Waals surface area contributed by atoms with Gasteiger partial charge in [-0.05, 0) is 18.6 Å². The van der Waals surface area contributed by atoms with Gasteiger partial charge >= 0.3 is 12.0 Å². The molecule has 108 valence electrons. The Labute approximate surface area is 116 Å². The number of hydrogen-bond donors (Lipinski definition) is 3. The van der Waals surface area contributed by atoms with Gasteiger partial charge in [0.25, 0.3) is 0 Å². The van der Waals surface area contributed by atoms with Crippen molar-refractivity contribution in [2.45, 2.75) is 13.3 Å². The molecule has 0 radical (unpaired) electrons. The summed E-state index contributed by atoms with van der Waals surface area (Å²) in [4.78, 5) is 34.8. The fraction of sp³-hybridized carbons (Fsp3) is 0.308. The molecule has 0 aliphatic carbocycles. The van der Waals surface area contributed by atoms with Gasteiger partial charge in [0.1, 0.15) is 6.54 Å². The molecule has 4 N–H and O–H groups in total. The van der Waals surface area contributed by atoms with Gasteiger partial charge in [0.2, 0.25) is 5.91 Å². The summed E-state index contributed by atoms with van der Waals surface area (Å²) in [5.74, 6) is -1.60. The smallest absolute Gasteiger partial charge is 0.322 e. The minimum absolute atomic E-state index is 0.191. The fourth-order valence-electron chi connectivity index (χ4n) is 1.67. The van der Waals surface area contributed by atoms with E-state index in [0.29, 0.717) is 17.8 Å². The topological polar surface area (TPSA) is 113 Å². The summed E-state index contributed by atoms with van der Waals surface area (Å²) in [7, 11) is 0. The summed E-state index contributed by atoms with van der Waals surface area (Å²) in [6, 6.07) is 6.10. The van der Waals surface area contributed by atoms with Crippen molar-refractivity contribution >= 4 is 23.6 Å². The van der Waals surface area contributed by atoms with E-state index in [1.165, 1.54) is 4.90 Å². The fourth-order valence-corrected chi connectivity index (χ4v) is 1.67. The average molecular weight is 279 g/mol. The van der Waals surface area contributed by atoms with Gasteiger partial charge in [-0.2, -0.15) is 0 Å². The van der Waals surface area contributed by atoms with Gasteiger partial charge in [-0.15, -0.1) is 0 Å². The van der Waals surface area contributed by atoms with E-state index in [1.807, 2.05) is 0 Å². The summed E-state index contributed by atoms with van der Waals surface area (Å²) >= 11 is 0. The van der Waals surface area contributed by atoms with E-state index in [0.717, 1.165) is 0 Å². The molecule has 0 saturated heterocycles. The lowest BCUT2D eigenvalue weighted by Gasteiger charge is -2.20. The summed E-state index contributed by atoms with van der Waals surface area (Å²) in [5.41, 5.74) is 5.95. The van der Waals surface area contributed by atoms with Gasteiger partial charge in [-0.3, -0.25) is 9.59 Å². The van der Waals surface area contributed by atoms with Gasteiger partial charge in [0, 0.05) is 12.2 Å². The molecule has 1 aromatic rings. The predicted octanol–water partition coefficient (Wildman–Crippen LogP) is 0.653. The molecule has 3 amide bonds. The largest absolute Gasteiger partial charge is 0.481 e. The van der Waals surface area contributed by atoms with Crippen molar-refractivity contribution in [1.82, 2.24) is 4.90 Å². The van der Waals surface area contributed by atoms with Crippen molar-refractivity contribution in [3.63, 3.8) is 0 Å². The highest BCUT2D eigenvalue weighted by molar-refractivity contribution is 5.93. The van der Waals surface area contributed by atoms with Crippen LogP contribution in [0.3, 0.4) is 0 Å². The molecule has 0 bridgehead atoms. The first-order valence-corrected chi connectivity index (χ1v) is 6.08. The minimum atomic E-state index is -0.990. The number of rotatable bonds is 6. The Kier molecular flexibility index (Phi) is 5.52. The molecule has 0 heterocycles. The number of primary amides is 1. The SMILES string of the molecule is CCN(CC(N)=O)C(=O)Nc1ccccc1CC(=O)O. The summed E-state index contributed by atoms with van der Waals surface area (Å²) < 4.78 is 0. The van der Waals surface area contributed by atoms with Crippen LogP contribution in [0.4, 0.5) is 10.5 Å². The lowest BCUT2D eigenvalue weighted by atomic mass is 10.1. The van der Waals surface area contributed by atoms with E-state index in [-0.39, 0.29) is 13.0 Å². The molecule has 0 spiro atoms. The minimum Gasteiger partial charge on any atom is -0.481 e. The first kappa shape index (κ1) is 15.5. The number of nitrogens with zero attached hydrogens (tertiary/aromatic N) is 1. The second kappa shape index (κ2) is 7.13. The van der Waals surface area contributed by atoms with Crippen LogP contribution in [0.2, 0.25) is 0 Å². The van der Waals surface area contributed by atoms with Crippen molar-refractivity contribution in [2.24, 2.45) is 5.73 Å². The number of carbonyl (C=O) groups excluding carboxylic acids is 2. The van der Waals surface area contributed by atoms with Crippen LogP contribution >= 0.6 is 0 Å². The molecule has 7 nitrogen and oxygen atoms in total. The third-order valence-corrected chi connectivity index (χ3v) is 2.62. The van der Waals surface area contributed by atoms with Crippen molar-refractivity contribution < 1.29 is 19.5 Å². The normalized spacial score (nSPS) is 9.85. The van der Waals surface area contributed by atoms with E-state index in [4.69, 9.17) is 10.8 Å². The highest BCUT2D eigenvalue weighted by Crippen LogP contribution is 2.16. The number of nitrogens with one attached hydrogen (secondary N) is 1. The van der Waals surface area contributed by atoms with Crippen LogP contribution in [0.5, 0.6) is 0 Å². The molecule has 0 aromatic heterocycles. The molecule has 0 atom stereocenters. The van der Waals surface area contributed by atoms with Crippen LogP contribution < -0.4 is 11.1 Å². The van der Waals surface area contributed by atoms with Crippen LogP contribution in [0, 0.1) is 0 Å². The average Bonchev–Trinajstić information content (AvgIpc) is 2.37. The first-order valence-electron chi connectivity index (χ1n) is 6.08. The zero-order valence-electron chi connectivity index (χ0n) is 11.1. The molecule has 0 aliphatic heterocycles. The number of carboxylic acids is 1. The van der Waals surface area contributed by atoms with Gasteiger partial charge in [0.15, 0.2) is 0 Å². The van der Waals surface area contributed by atoms with Crippen LogP contribution in [-0.4, -0.2) is 41.0 Å². The third-order valence-electron chi connectivity index (χ3n) is 2.62. The van der Waals surface area contributed by atoms with E-state index in [2.05, 4.69) is 5.32 Å². The maximum atomic E-state index is 12.0. The number of amides is 3. The second-order valence-corrected chi connectivity index (χ2v) is 4.14. The Morgan fingerprint density at radius 2 is 1.95 bits per heavy atom. The van der Waals surface area contributed by atoms with Gasteiger partial charge in [-0.25, -0.2) is 4.79 Å². The van der Waals surface area contributed by atoms with Crippen molar-refractivity contribution in [3.8, 4) is 0 Å². The monoisotopic (exact) mass is 279 g/mol. The quantitative estimate of drug-likeness (QED) is 0.709. The number of anilines is 1. The van der Waals surface area contributed by atoms with Crippen molar-refractivity contribution in [1.29, 1.82) is 0 Å². The maximum absolute atomic E-state index is 12.0. The number of likely N-dealkylation sites (N-methyl/N-ethyl adjacent to an activating group) is 1. The van der Waals surface area contributed by atoms with Gasteiger partial charge in [0.05, 0.1) is 6.42 Å². The number of para-hydroxylation sites is 1. The Hall–Kier alpha value is -2.57. The molecular weight excluding hydrogens is 262 g/mol. The standard InChI is InChI=1S/C13H17N3O4/c1-2-16(8-11(14)17)13(20)15-10-6-4-3-5-9(10)7-12(18)19/h3-6H,2,7-8H2,1H3,(H2,14,17)(H,15,20)(H,18,19). The third kappa shape index (κ3) is 4.60. The number of hydrogen-bond acceptors (Lipinski definition) is 3. The summed E-state index contributed by atoms with van der Waals surface area (Å²) in [5, 5.41) is 11.4. The maximum Gasteiger partial charge on any atom is 0.322 e. The first-order chi connectivity index (χ1) is 9.43. The molecule has 0 unspecified atom stereocenters. The van der Waals surface area contributed by atoms with E-state index in [1.54, 1.807) is 31.2 Å². The number of nitrogens with two attached hydrogens (primary N) is 1. The van der Waals surface area contributed by atoms with Gasteiger partial charge < -0.3 is 21.1 Å². The van der Waals surface area contributed by atoms with Crippen LogP contribution in [0.1, 0.15) is 12.5 Å². The second-order valence-electron chi connectivity index (χ2n) is 4.14. The lowest BCUT2D eigenvalue weighted by molar-refractivity contribution is -0.136. The van der Waals surface area contributed by atoms with Crippen LogP contribution in [0.25, 0.3) is 0 Å². The zero-order chi connectivity index (χ0) is 15.1. The van der Waals surface area contributed by atoms with Crippen LogP contribution in [0.15, 0.2) is 24.3 Å². The number of aliphatic carboxylic acids is 1. The highest BCUT2D eigenvalue weighted by atomic mass is 16.4. The Morgan fingerprint density at radius 3 is 2.50 bits per heavy atom. The predicted molar refractivity (Wildman–Crippen MR) is 73.2 cm³/mol.